The molecule has 6 heteroatoms. The average molecular weight is 338 g/mol. The Morgan fingerprint density at radius 2 is 1.79 bits per heavy atom. The Labute approximate surface area is 141 Å². The molecule has 0 aliphatic rings. The number of ketones is 1. The minimum atomic E-state index is -1.33. The Morgan fingerprint density at radius 1 is 1.12 bits per heavy atom. The maximum Gasteiger partial charge on any atom is 0.338 e. The summed E-state index contributed by atoms with van der Waals surface area (Å²) in [6.45, 7) is 3.10. The van der Waals surface area contributed by atoms with Gasteiger partial charge in [-0.25, -0.2) is 9.18 Å². The fourth-order valence-corrected chi connectivity index (χ4v) is 2.17. The van der Waals surface area contributed by atoms with Gasteiger partial charge in [0.25, 0.3) is 0 Å². The molecule has 132 valence electrons. The molecule has 5 nitrogen and oxygen atoms in total. The second kappa shape index (κ2) is 10.5. The van der Waals surface area contributed by atoms with Gasteiger partial charge in [0.1, 0.15) is 17.9 Å². The van der Waals surface area contributed by atoms with Crippen LogP contribution in [0.25, 0.3) is 0 Å². The molecule has 0 saturated carbocycles. The third kappa shape index (κ3) is 6.89. The van der Waals surface area contributed by atoms with Crippen molar-refractivity contribution in [2.45, 2.75) is 39.3 Å². The van der Waals surface area contributed by atoms with Gasteiger partial charge in [0.15, 0.2) is 0 Å². The molecule has 0 bridgehead atoms. The van der Waals surface area contributed by atoms with Crippen molar-refractivity contribution in [1.82, 2.24) is 0 Å². The summed E-state index contributed by atoms with van der Waals surface area (Å²) in [4.78, 5) is 34.7. The van der Waals surface area contributed by atoms with Crippen molar-refractivity contribution in [2.75, 3.05) is 13.2 Å². The van der Waals surface area contributed by atoms with Gasteiger partial charge in [-0.1, -0.05) is 18.2 Å². The summed E-state index contributed by atoms with van der Waals surface area (Å²) in [6, 6.07) is 8.52. The van der Waals surface area contributed by atoms with Crippen LogP contribution in [0.15, 0.2) is 30.3 Å². The van der Waals surface area contributed by atoms with Crippen molar-refractivity contribution in [3.05, 3.63) is 35.9 Å². The Kier molecular flexibility index (Phi) is 8.68. The van der Waals surface area contributed by atoms with Gasteiger partial charge >= 0.3 is 11.9 Å². The zero-order chi connectivity index (χ0) is 17.9. The van der Waals surface area contributed by atoms with Crippen LogP contribution in [-0.4, -0.2) is 37.1 Å². The zero-order valence-corrected chi connectivity index (χ0v) is 14.0. The molecule has 2 atom stereocenters. The summed E-state index contributed by atoms with van der Waals surface area (Å²) in [6.07, 6.45) is -1.13. The van der Waals surface area contributed by atoms with Crippen LogP contribution in [0, 0.1) is 5.92 Å². The maximum atomic E-state index is 14.0. The van der Waals surface area contributed by atoms with Gasteiger partial charge in [-0.05, 0) is 45.2 Å². The third-order valence-electron chi connectivity index (χ3n) is 3.46. The van der Waals surface area contributed by atoms with Crippen LogP contribution in [0.5, 0.6) is 0 Å². The van der Waals surface area contributed by atoms with Crippen molar-refractivity contribution < 1.29 is 28.2 Å². The lowest BCUT2D eigenvalue weighted by Gasteiger charge is -2.15. The summed E-state index contributed by atoms with van der Waals surface area (Å²) in [5, 5.41) is 0. The molecule has 0 heterocycles. The van der Waals surface area contributed by atoms with E-state index >= 15 is 0 Å². The highest BCUT2D eigenvalue weighted by molar-refractivity contribution is 5.97. The van der Waals surface area contributed by atoms with Crippen molar-refractivity contribution in [1.29, 1.82) is 0 Å². The predicted octanol–water partition coefficient (Wildman–Crippen LogP) is 3.12. The predicted molar refractivity (Wildman–Crippen MR) is 86.3 cm³/mol. The van der Waals surface area contributed by atoms with Crippen LogP contribution >= 0.6 is 0 Å². The zero-order valence-electron chi connectivity index (χ0n) is 14.0. The average Bonchev–Trinajstić information content (AvgIpc) is 2.57. The second-order valence-electron chi connectivity index (χ2n) is 5.39. The van der Waals surface area contributed by atoms with Gasteiger partial charge in [0, 0.05) is 0 Å². The highest BCUT2D eigenvalue weighted by Gasteiger charge is 2.28. The van der Waals surface area contributed by atoms with Crippen LogP contribution in [0.1, 0.15) is 43.5 Å². The van der Waals surface area contributed by atoms with E-state index in [0.29, 0.717) is 12.0 Å². The quantitative estimate of drug-likeness (QED) is 0.372. The van der Waals surface area contributed by atoms with E-state index in [2.05, 4.69) is 0 Å². The summed E-state index contributed by atoms with van der Waals surface area (Å²) in [7, 11) is 0. The standard InChI is InChI=1S/C18H23FO5/c1-3-23-18(22)16(13(2)20)12-15(19)10-7-11-24-17(21)14-8-5-4-6-9-14/h4-6,8-9,15-16H,3,7,10-12H2,1-2H3. The highest BCUT2D eigenvalue weighted by Crippen LogP contribution is 2.17. The van der Waals surface area contributed by atoms with Crippen molar-refractivity contribution in [2.24, 2.45) is 5.92 Å². The van der Waals surface area contributed by atoms with Crippen LogP contribution in [0.2, 0.25) is 0 Å². The second-order valence-corrected chi connectivity index (χ2v) is 5.39. The van der Waals surface area contributed by atoms with Gasteiger partial charge < -0.3 is 9.47 Å². The molecule has 0 N–H and O–H groups in total. The topological polar surface area (TPSA) is 69.7 Å². The number of carbonyl (C=O) groups is 3. The monoisotopic (exact) mass is 338 g/mol. The molecular weight excluding hydrogens is 315 g/mol. The number of benzene rings is 1. The Balaban J connectivity index is 2.32. The Morgan fingerprint density at radius 3 is 2.38 bits per heavy atom. The molecular formula is C18H23FO5. The van der Waals surface area contributed by atoms with Gasteiger partial charge in [0.05, 0.1) is 18.8 Å². The van der Waals surface area contributed by atoms with Gasteiger partial charge in [0.2, 0.25) is 0 Å². The molecule has 2 unspecified atom stereocenters. The summed E-state index contributed by atoms with van der Waals surface area (Å²) >= 11 is 0. The molecule has 0 aromatic heterocycles. The van der Waals surface area contributed by atoms with Crippen LogP contribution in [-0.2, 0) is 19.1 Å². The van der Waals surface area contributed by atoms with E-state index in [-0.39, 0.29) is 26.1 Å². The SMILES string of the molecule is CCOC(=O)C(CC(F)CCCOC(=O)c1ccccc1)C(C)=O. The van der Waals surface area contributed by atoms with E-state index in [9.17, 15) is 18.8 Å². The molecule has 1 aromatic carbocycles. The van der Waals surface area contributed by atoms with E-state index in [0.717, 1.165) is 0 Å². The lowest BCUT2D eigenvalue weighted by molar-refractivity contribution is -0.152. The number of ether oxygens (including phenoxy) is 2. The van der Waals surface area contributed by atoms with Gasteiger partial charge in [-0.2, -0.15) is 0 Å². The third-order valence-corrected chi connectivity index (χ3v) is 3.46. The maximum absolute atomic E-state index is 14.0. The minimum absolute atomic E-state index is 0.0816. The molecule has 0 saturated heterocycles. The molecule has 0 radical (unpaired) electrons. The van der Waals surface area contributed by atoms with Crippen molar-refractivity contribution in [3.8, 4) is 0 Å². The largest absolute Gasteiger partial charge is 0.465 e. The molecule has 0 aliphatic carbocycles. The number of esters is 2. The highest BCUT2D eigenvalue weighted by atomic mass is 19.1. The number of hydrogen-bond donors (Lipinski definition) is 0. The molecule has 24 heavy (non-hydrogen) atoms. The fourth-order valence-electron chi connectivity index (χ4n) is 2.17. The van der Waals surface area contributed by atoms with E-state index in [1.165, 1.54) is 6.92 Å². The Bertz CT molecular complexity index is 544. The first-order valence-electron chi connectivity index (χ1n) is 7.99. The number of alkyl halides is 1. The lowest BCUT2D eigenvalue weighted by atomic mass is 9.96. The molecule has 0 aliphatic heterocycles. The van der Waals surface area contributed by atoms with Gasteiger partial charge in [-0.15, -0.1) is 0 Å². The fraction of sp³-hybridized carbons (Fsp3) is 0.500. The number of carbonyl (C=O) groups excluding carboxylic acids is 3. The number of hydrogen-bond acceptors (Lipinski definition) is 5. The van der Waals surface area contributed by atoms with Crippen molar-refractivity contribution >= 4 is 17.7 Å². The summed E-state index contributed by atoms with van der Waals surface area (Å²) in [5.41, 5.74) is 0.438. The van der Waals surface area contributed by atoms with Crippen LogP contribution in [0.3, 0.4) is 0 Å². The van der Waals surface area contributed by atoms with Crippen LogP contribution in [0.4, 0.5) is 4.39 Å². The van der Waals surface area contributed by atoms with E-state index in [4.69, 9.17) is 9.47 Å². The van der Waals surface area contributed by atoms with Crippen molar-refractivity contribution in [3.63, 3.8) is 0 Å². The number of rotatable bonds is 10. The lowest BCUT2D eigenvalue weighted by Crippen LogP contribution is -2.27. The number of halogens is 1. The summed E-state index contributed by atoms with van der Waals surface area (Å²) in [5.74, 6) is -2.64. The first-order chi connectivity index (χ1) is 11.5. The molecule has 0 fully saturated rings. The minimum Gasteiger partial charge on any atom is -0.465 e. The van der Waals surface area contributed by atoms with E-state index < -0.39 is 29.8 Å². The van der Waals surface area contributed by atoms with E-state index in [1.54, 1.807) is 37.3 Å². The normalized spacial score (nSPS) is 13.0. The molecule has 0 amide bonds. The van der Waals surface area contributed by atoms with Gasteiger partial charge in [-0.3, -0.25) is 9.59 Å². The Hall–Kier alpha value is -2.24. The van der Waals surface area contributed by atoms with Crippen LogP contribution < -0.4 is 0 Å². The first kappa shape index (κ1) is 19.8. The first-order valence-corrected chi connectivity index (χ1v) is 7.99. The van der Waals surface area contributed by atoms with E-state index in [1.807, 2.05) is 0 Å². The smallest absolute Gasteiger partial charge is 0.338 e. The summed E-state index contributed by atoms with van der Waals surface area (Å²) < 4.78 is 23.8. The number of Topliss-reactive ketones (excluding diaryl/α,β-unsaturated/α-hetero) is 1. The molecule has 1 rings (SSSR count). The molecule has 0 spiro atoms. The molecule has 1 aromatic rings.